The molecule has 0 radical (unpaired) electrons. The summed E-state index contributed by atoms with van der Waals surface area (Å²) in [5, 5.41) is 3.81. The number of thioether (sulfide) groups is 1. The molecule has 1 heterocycles. The highest BCUT2D eigenvalue weighted by Gasteiger charge is 2.30. The largest absolute Gasteiger partial charge is 0.325 e. The Morgan fingerprint density at radius 1 is 1.19 bits per heavy atom. The summed E-state index contributed by atoms with van der Waals surface area (Å²) < 4.78 is 1.77. The lowest BCUT2D eigenvalue weighted by Gasteiger charge is -2.16. The molecule has 1 N–H and O–H groups in total. The van der Waals surface area contributed by atoms with E-state index in [9.17, 15) is 9.59 Å². The Balaban J connectivity index is 1.60. The molecule has 1 fully saturated rings. The summed E-state index contributed by atoms with van der Waals surface area (Å²) >= 11 is 1.34. The van der Waals surface area contributed by atoms with Gasteiger partial charge < -0.3 is 5.32 Å². The highest BCUT2D eigenvalue weighted by molar-refractivity contribution is 8.00. The molecular weight excluding hydrogens is 358 g/mol. The maximum Gasteiger partial charge on any atom is 0.262 e. The molecule has 2 aromatic carbocycles. The third-order valence-electron chi connectivity index (χ3n) is 4.66. The van der Waals surface area contributed by atoms with Gasteiger partial charge in [0, 0.05) is 11.7 Å². The van der Waals surface area contributed by atoms with Gasteiger partial charge in [-0.1, -0.05) is 41.6 Å². The summed E-state index contributed by atoms with van der Waals surface area (Å²) in [6.45, 7) is 3.85. The second-order valence-electron chi connectivity index (χ2n) is 6.93. The molecular formula is C21H21N3O2S. The number of hydrogen-bond donors (Lipinski definition) is 1. The van der Waals surface area contributed by atoms with E-state index in [-0.39, 0.29) is 22.8 Å². The van der Waals surface area contributed by atoms with Gasteiger partial charge >= 0.3 is 0 Å². The predicted molar refractivity (Wildman–Crippen MR) is 109 cm³/mol. The van der Waals surface area contributed by atoms with Gasteiger partial charge in [-0.2, -0.15) is 0 Å². The third kappa shape index (κ3) is 3.76. The zero-order chi connectivity index (χ0) is 19.0. The van der Waals surface area contributed by atoms with E-state index in [0.717, 1.165) is 24.1 Å². The molecule has 27 heavy (non-hydrogen) atoms. The number of nitrogens with one attached hydrogen (secondary N) is 1. The van der Waals surface area contributed by atoms with E-state index in [4.69, 9.17) is 0 Å². The highest BCUT2D eigenvalue weighted by Crippen LogP contribution is 2.37. The summed E-state index contributed by atoms with van der Waals surface area (Å²) in [4.78, 5) is 30.2. The SMILES string of the molecule is Cc1ccc(NC(=O)[C@H](C)Sc2nc3ccccc3c(=O)n2C2CC2)cc1. The van der Waals surface area contributed by atoms with Gasteiger partial charge in [0.1, 0.15) is 0 Å². The van der Waals surface area contributed by atoms with Crippen molar-refractivity contribution in [1.29, 1.82) is 0 Å². The maximum atomic E-state index is 12.9. The standard InChI is InChI=1S/C21H21N3O2S/c1-13-7-9-15(10-8-13)22-19(25)14(2)27-21-23-18-6-4-3-5-17(18)20(26)24(21)16-11-12-16/h3-10,14,16H,11-12H2,1-2H3,(H,22,25)/t14-/m0/s1. The van der Waals surface area contributed by atoms with Crippen LogP contribution in [0, 0.1) is 6.92 Å². The molecule has 6 heteroatoms. The molecule has 0 saturated heterocycles. The van der Waals surface area contributed by atoms with Crippen LogP contribution in [0.4, 0.5) is 5.69 Å². The summed E-state index contributed by atoms with van der Waals surface area (Å²) in [6, 6.07) is 15.3. The summed E-state index contributed by atoms with van der Waals surface area (Å²) in [7, 11) is 0. The van der Waals surface area contributed by atoms with E-state index in [1.54, 1.807) is 4.57 Å². The van der Waals surface area contributed by atoms with Crippen molar-refractivity contribution in [3.63, 3.8) is 0 Å². The monoisotopic (exact) mass is 379 g/mol. The highest BCUT2D eigenvalue weighted by atomic mass is 32.2. The lowest BCUT2D eigenvalue weighted by molar-refractivity contribution is -0.115. The van der Waals surface area contributed by atoms with Gasteiger partial charge in [-0.15, -0.1) is 0 Å². The number of aromatic nitrogens is 2. The van der Waals surface area contributed by atoms with Crippen LogP contribution in [0.3, 0.4) is 0 Å². The van der Waals surface area contributed by atoms with Crippen molar-refractivity contribution < 1.29 is 4.79 Å². The lowest BCUT2D eigenvalue weighted by Crippen LogP contribution is -2.26. The first kappa shape index (κ1) is 17.8. The van der Waals surface area contributed by atoms with Crippen LogP contribution in [0.25, 0.3) is 10.9 Å². The summed E-state index contributed by atoms with van der Waals surface area (Å²) in [6.07, 6.45) is 1.97. The average Bonchev–Trinajstić information content (AvgIpc) is 3.48. The quantitative estimate of drug-likeness (QED) is 0.534. The van der Waals surface area contributed by atoms with Crippen LogP contribution in [-0.2, 0) is 4.79 Å². The summed E-state index contributed by atoms with van der Waals surface area (Å²) in [5.41, 5.74) is 2.57. The molecule has 1 aromatic heterocycles. The van der Waals surface area contributed by atoms with E-state index in [0.29, 0.717) is 16.1 Å². The van der Waals surface area contributed by atoms with Gasteiger partial charge in [-0.05, 0) is 51.0 Å². The fourth-order valence-electron chi connectivity index (χ4n) is 2.96. The molecule has 138 valence electrons. The molecule has 0 bridgehead atoms. The number of nitrogens with zero attached hydrogens (tertiary/aromatic N) is 2. The molecule has 5 nitrogen and oxygen atoms in total. The normalized spacial score (nSPS) is 14.9. The van der Waals surface area contributed by atoms with E-state index >= 15 is 0 Å². The number of carbonyl (C=O) groups excluding carboxylic acids is 1. The van der Waals surface area contributed by atoms with Crippen molar-refractivity contribution in [2.24, 2.45) is 0 Å². The zero-order valence-electron chi connectivity index (χ0n) is 15.3. The minimum Gasteiger partial charge on any atom is -0.325 e. The number of rotatable bonds is 5. The Hall–Kier alpha value is -2.60. The number of fused-ring (bicyclic) bond motifs is 1. The van der Waals surface area contributed by atoms with Gasteiger partial charge in [0.25, 0.3) is 5.56 Å². The van der Waals surface area contributed by atoms with Crippen LogP contribution in [-0.4, -0.2) is 20.7 Å². The van der Waals surface area contributed by atoms with Crippen LogP contribution in [0.5, 0.6) is 0 Å². The number of anilines is 1. The van der Waals surface area contributed by atoms with E-state index in [1.165, 1.54) is 11.8 Å². The summed E-state index contributed by atoms with van der Waals surface area (Å²) in [5.74, 6) is -0.103. The lowest BCUT2D eigenvalue weighted by atomic mass is 10.2. The Kier molecular flexibility index (Phi) is 4.74. The van der Waals surface area contributed by atoms with Crippen molar-refractivity contribution >= 4 is 34.3 Å². The molecule has 0 spiro atoms. The van der Waals surface area contributed by atoms with E-state index in [2.05, 4.69) is 10.3 Å². The van der Waals surface area contributed by atoms with Gasteiger partial charge in [0.15, 0.2) is 5.16 Å². The van der Waals surface area contributed by atoms with Gasteiger partial charge in [-0.3, -0.25) is 14.2 Å². The van der Waals surface area contributed by atoms with Crippen LogP contribution >= 0.6 is 11.8 Å². The third-order valence-corrected chi connectivity index (χ3v) is 5.72. The topological polar surface area (TPSA) is 64.0 Å². The number of amides is 1. The van der Waals surface area contributed by atoms with Crippen molar-refractivity contribution in [3.8, 4) is 0 Å². The Morgan fingerprint density at radius 2 is 1.89 bits per heavy atom. The minimum absolute atomic E-state index is 0.0169. The van der Waals surface area contributed by atoms with Crippen LogP contribution in [0.2, 0.25) is 0 Å². The molecule has 3 aromatic rings. The molecule has 0 aliphatic heterocycles. The predicted octanol–water partition coefficient (Wildman–Crippen LogP) is 4.16. The molecule has 1 aliphatic rings. The number of para-hydroxylation sites is 1. The molecule has 4 rings (SSSR count). The van der Waals surface area contributed by atoms with Crippen molar-refractivity contribution in [2.75, 3.05) is 5.32 Å². The minimum atomic E-state index is -0.371. The van der Waals surface area contributed by atoms with Crippen LogP contribution < -0.4 is 10.9 Å². The molecule has 1 aliphatic carbocycles. The van der Waals surface area contributed by atoms with Crippen LogP contribution in [0.1, 0.15) is 31.4 Å². The van der Waals surface area contributed by atoms with Crippen molar-refractivity contribution in [1.82, 2.24) is 9.55 Å². The number of carbonyl (C=O) groups is 1. The Bertz CT molecular complexity index is 1060. The Labute approximate surface area is 161 Å². The number of hydrogen-bond acceptors (Lipinski definition) is 4. The average molecular weight is 379 g/mol. The molecule has 1 saturated carbocycles. The first-order valence-corrected chi connectivity index (χ1v) is 9.96. The second-order valence-corrected chi connectivity index (χ2v) is 8.24. The van der Waals surface area contributed by atoms with Crippen molar-refractivity contribution in [2.45, 2.75) is 43.1 Å². The van der Waals surface area contributed by atoms with Gasteiger partial charge in [0.05, 0.1) is 16.2 Å². The van der Waals surface area contributed by atoms with E-state index < -0.39 is 0 Å². The first-order valence-electron chi connectivity index (χ1n) is 9.08. The number of aryl methyl sites for hydroxylation is 1. The maximum absolute atomic E-state index is 12.9. The van der Waals surface area contributed by atoms with Crippen LogP contribution in [0.15, 0.2) is 58.5 Å². The van der Waals surface area contributed by atoms with Gasteiger partial charge in [-0.25, -0.2) is 4.98 Å². The molecule has 0 unspecified atom stereocenters. The van der Waals surface area contributed by atoms with Gasteiger partial charge in [0.2, 0.25) is 5.91 Å². The smallest absolute Gasteiger partial charge is 0.262 e. The fraction of sp³-hybridized carbons (Fsp3) is 0.286. The van der Waals surface area contributed by atoms with Crippen molar-refractivity contribution in [3.05, 3.63) is 64.4 Å². The molecule has 1 atom stereocenters. The second kappa shape index (κ2) is 7.19. The number of benzene rings is 2. The van der Waals surface area contributed by atoms with E-state index in [1.807, 2.05) is 62.4 Å². The first-order chi connectivity index (χ1) is 13.0. The zero-order valence-corrected chi connectivity index (χ0v) is 16.1. The fourth-order valence-corrected chi connectivity index (χ4v) is 3.93. The Morgan fingerprint density at radius 3 is 2.59 bits per heavy atom. The molecule has 1 amide bonds.